The lowest BCUT2D eigenvalue weighted by atomic mass is 9.71. The van der Waals surface area contributed by atoms with Crippen molar-refractivity contribution in [2.24, 2.45) is 11.3 Å². The summed E-state index contributed by atoms with van der Waals surface area (Å²) in [6, 6.07) is 6.38. The van der Waals surface area contributed by atoms with E-state index in [1.807, 2.05) is 6.92 Å². The highest BCUT2D eigenvalue weighted by Gasteiger charge is 2.58. The molecule has 0 aromatic heterocycles. The van der Waals surface area contributed by atoms with E-state index in [9.17, 15) is 9.90 Å². The molecular formula is C17H20O2. The van der Waals surface area contributed by atoms with Gasteiger partial charge in [0.1, 0.15) is 0 Å². The largest absolute Gasteiger partial charge is 0.481 e. The van der Waals surface area contributed by atoms with Crippen molar-refractivity contribution < 1.29 is 9.90 Å². The van der Waals surface area contributed by atoms with Crippen LogP contribution in [0.4, 0.5) is 0 Å². The van der Waals surface area contributed by atoms with Gasteiger partial charge in [-0.2, -0.15) is 0 Å². The first-order chi connectivity index (χ1) is 8.89. The normalized spacial score (nSPS) is 35.8. The first-order valence-electron chi connectivity index (χ1n) is 6.88. The van der Waals surface area contributed by atoms with Crippen molar-refractivity contribution in [2.45, 2.75) is 39.0 Å². The minimum atomic E-state index is -0.658. The Morgan fingerprint density at radius 3 is 2.74 bits per heavy atom. The summed E-state index contributed by atoms with van der Waals surface area (Å²) in [5, 5.41) is 9.55. The Morgan fingerprint density at radius 2 is 2.11 bits per heavy atom. The highest BCUT2D eigenvalue weighted by molar-refractivity contribution is 5.77. The number of benzene rings is 1. The molecule has 0 heterocycles. The van der Waals surface area contributed by atoms with E-state index in [1.54, 1.807) is 0 Å². The molecule has 2 aliphatic rings. The quantitative estimate of drug-likeness (QED) is 0.821. The molecule has 3 unspecified atom stereocenters. The SMILES string of the molecule is Cc1cccc(C23C=CC(C2)C(C)(C(=O)O)C3)c1C. The molecule has 1 fully saturated rings. The van der Waals surface area contributed by atoms with Crippen molar-refractivity contribution in [3.05, 3.63) is 47.0 Å². The van der Waals surface area contributed by atoms with E-state index in [-0.39, 0.29) is 11.3 Å². The molecule has 2 aliphatic carbocycles. The van der Waals surface area contributed by atoms with Crippen LogP contribution in [0.3, 0.4) is 0 Å². The van der Waals surface area contributed by atoms with Gasteiger partial charge in [0.25, 0.3) is 0 Å². The molecule has 2 heteroatoms. The van der Waals surface area contributed by atoms with Gasteiger partial charge in [-0.05, 0) is 56.2 Å². The second-order valence-corrected chi connectivity index (χ2v) is 6.47. The Morgan fingerprint density at radius 1 is 1.37 bits per heavy atom. The van der Waals surface area contributed by atoms with E-state index in [4.69, 9.17) is 0 Å². The van der Waals surface area contributed by atoms with Gasteiger partial charge in [-0.15, -0.1) is 0 Å². The molecule has 3 rings (SSSR count). The Balaban J connectivity index is 2.10. The highest BCUT2D eigenvalue weighted by Crippen LogP contribution is 2.60. The number of carbonyl (C=O) groups is 1. The summed E-state index contributed by atoms with van der Waals surface area (Å²) in [7, 11) is 0. The summed E-state index contributed by atoms with van der Waals surface area (Å²) >= 11 is 0. The van der Waals surface area contributed by atoms with Gasteiger partial charge in [-0.3, -0.25) is 4.79 Å². The lowest BCUT2D eigenvalue weighted by molar-refractivity contribution is -0.149. The van der Waals surface area contributed by atoms with E-state index < -0.39 is 11.4 Å². The molecule has 0 saturated heterocycles. The molecule has 0 spiro atoms. The first kappa shape index (κ1) is 12.5. The molecule has 1 N–H and O–H groups in total. The number of hydrogen-bond acceptors (Lipinski definition) is 1. The van der Waals surface area contributed by atoms with Gasteiger partial charge >= 0.3 is 5.97 Å². The molecule has 3 atom stereocenters. The van der Waals surface area contributed by atoms with Gasteiger partial charge < -0.3 is 5.11 Å². The monoisotopic (exact) mass is 256 g/mol. The maximum atomic E-state index is 11.6. The fraction of sp³-hybridized carbons (Fsp3) is 0.471. The zero-order valence-corrected chi connectivity index (χ0v) is 11.7. The molecule has 19 heavy (non-hydrogen) atoms. The number of aliphatic carboxylic acids is 1. The van der Waals surface area contributed by atoms with Gasteiger partial charge in [-0.25, -0.2) is 0 Å². The predicted molar refractivity (Wildman–Crippen MR) is 75.2 cm³/mol. The van der Waals surface area contributed by atoms with Crippen LogP contribution in [0.25, 0.3) is 0 Å². The fourth-order valence-electron chi connectivity index (χ4n) is 4.00. The van der Waals surface area contributed by atoms with Crippen molar-refractivity contribution in [1.29, 1.82) is 0 Å². The van der Waals surface area contributed by atoms with Crippen LogP contribution in [0, 0.1) is 25.2 Å². The summed E-state index contributed by atoms with van der Waals surface area (Å²) in [6.45, 7) is 6.17. The number of carboxylic acids is 1. The van der Waals surface area contributed by atoms with Gasteiger partial charge in [0.2, 0.25) is 0 Å². The summed E-state index contributed by atoms with van der Waals surface area (Å²) in [4.78, 5) is 11.6. The number of hydrogen-bond donors (Lipinski definition) is 1. The van der Waals surface area contributed by atoms with E-state index in [0.717, 1.165) is 12.8 Å². The van der Waals surface area contributed by atoms with Gasteiger partial charge in [0.05, 0.1) is 5.41 Å². The number of rotatable bonds is 2. The van der Waals surface area contributed by atoms with Gasteiger partial charge in [-0.1, -0.05) is 30.4 Å². The first-order valence-corrected chi connectivity index (χ1v) is 6.88. The van der Waals surface area contributed by atoms with Crippen molar-refractivity contribution in [3.63, 3.8) is 0 Å². The predicted octanol–water partition coefficient (Wildman–Crippen LogP) is 3.61. The van der Waals surface area contributed by atoms with Crippen LogP contribution in [-0.2, 0) is 10.2 Å². The molecule has 1 aromatic carbocycles. The summed E-state index contributed by atoms with van der Waals surface area (Å²) in [6.07, 6.45) is 6.05. The Bertz CT molecular complexity index is 587. The minimum absolute atomic E-state index is 0.0616. The van der Waals surface area contributed by atoms with Crippen LogP contribution in [0.1, 0.15) is 36.5 Å². The zero-order chi connectivity index (χ0) is 13.8. The van der Waals surface area contributed by atoms with Crippen molar-refractivity contribution in [3.8, 4) is 0 Å². The second-order valence-electron chi connectivity index (χ2n) is 6.47. The Hall–Kier alpha value is -1.57. The summed E-state index contributed by atoms with van der Waals surface area (Å²) in [5.74, 6) is -0.487. The maximum Gasteiger partial charge on any atom is 0.309 e. The molecule has 1 aromatic rings. The molecule has 0 amide bonds. The van der Waals surface area contributed by atoms with Crippen molar-refractivity contribution >= 4 is 5.97 Å². The zero-order valence-electron chi connectivity index (χ0n) is 11.7. The third-order valence-corrected chi connectivity index (χ3v) is 5.36. The van der Waals surface area contributed by atoms with Gasteiger partial charge in [0, 0.05) is 5.41 Å². The molecule has 0 radical (unpaired) electrons. The van der Waals surface area contributed by atoms with Crippen LogP contribution < -0.4 is 0 Å². The third-order valence-electron chi connectivity index (χ3n) is 5.36. The van der Waals surface area contributed by atoms with Crippen molar-refractivity contribution in [2.75, 3.05) is 0 Å². The molecule has 0 aliphatic heterocycles. The molecular weight excluding hydrogens is 236 g/mol. The standard InChI is InChI=1S/C17H20O2/c1-11-5-4-6-14(12(11)2)17-8-7-13(9-17)16(3,10-17)15(18)19/h4-8,13H,9-10H2,1-3H3,(H,18,19). The lowest BCUT2D eigenvalue weighted by Gasteiger charge is -2.32. The molecule has 100 valence electrons. The maximum absolute atomic E-state index is 11.6. The Labute approximate surface area is 114 Å². The molecule has 2 bridgehead atoms. The van der Waals surface area contributed by atoms with E-state index >= 15 is 0 Å². The van der Waals surface area contributed by atoms with Crippen LogP contribution in [-0.4, -0.2) is 11.1 Å². The number of fused-ring (bicyclic) bond motifs is 2. The average Bonchev–Trinajstić information content (AvgIpc) is 2.89. The second kappa shape index (κ2) is 3.72. The van der Waals surface area contributed by atoms with Crippen LogP contribution in [0.2, 0.25) is 0 Å². The topological polar surface area (TPSA) is 37.3 Å². The lowest BCUT2D eigenvalue weighted by Crippen LogP contribution is -2.34. The number of allylic oxidation sites excluding steroid dienone is 2. The Kier molecular flexibility index (Phi) is 2.44. The van der Waals surface area contributed by atoms with Crippen LogP contribution in [0.5, 0.6) is 0 Å². The summed E-state index contributed by atoms with van der Waals surface area (Å²) < 4.78 is 0. The van der Waals surface area contributed by atoms with Crippen LogP contribution >= 0.6 is 0 Å². The van der Waals surface area contributed by atoms with Crippen LogP contribution in [0.15, 0.2) is 30.4 Å². The van der Waals surface area contributed by atoms with E-state index in [0.29, 0.717) is 0 Å². The minimum Gasteiger partial charge on any atom is -0.481 e. The number of aryl methyl sites for hydroxylation is 1. The van der Waals surface area contributed by atoms with Gasteiger partial charge in [0.15, 0.2) is 0 Å². The molecule has 1 saturated carbocycles. The van der Waals surface area contributed by atoms with Crippen molar-refractivity contribution in [1.82, 2.24) is 0 Å². The smallest absolute Gasteiger partial charge is 0.309 e. The number of carboxylic acid groups (broad SMARTS) is 1. The average molecular weight is 256 g/mol. The third kappa shape index (κ3) is 1.52. The fourth-order valence-corrected chi connectivity index (χ4v) is 4.00. The van der Waals surface area contributed by atoms with E-state index in [1.165, 1.54) is 16.7 Å². The van der Waals surface area contributed by atoms with E-state index in [2.05, 4.69) is 44.2 Å². The molecule has 2 nitrogen and oxygen atoms in total. The highest BCUT2D eigenvalue weighted by atomic mass is 16.4. The summed E-state index contributed by atoms with van der Waals surface area (Å²) in [5.41, 5.74) is 3.24.